The lowest BCUT2D eigenvalue weighted by Crippen LogP contribution is -2.45. The first-order chi connectivity index (χ1) is 8.70. The third kappa shape index (κ3) is 1.52. The fourth-order valence-corrected chi connectivity index (χ4v) is 5.24. The van der Waals surface area contributed by atoms with E-state index in [0.29, 0.717) is 0 Å². The highest BCUT2D eigenvalue weighted by Crippen LogP contribution is 2.57. The number of nitrogens with zero attached hydrogens (tertiary/aromatic N) is 2. The summed E-state index contributed by atoms with van der Waals surface area (Å²) in [5.74, 6) is 5.82. The molecule has 3 nitrogen and oxygen atoms in total. The number of hydrogen-bond donors (Lipinski definition) is 1. The summed E-state index contributed by atoms with van der Waals surface area (Å²) in [5, 5.41) is 0. The minimum absolute atomic E-state index is 0.870. The molecule has 98 valence electrons. The van der Waals surface area contributed by atoms with Crippen LogP contribution in [0.5, 0.6) is 0 Å². The van der Waals surface area contributed by atoms with Gasteiger partial charge in [-0.15, -0.1) is 0 Å². The second kappa shape index (κ2) is 3.75. The van der Waals surface area contributed by atoms with Gasteiger partial charge in [0.05, 0.1) is 12.0 Å². The Kier molecular flexibility index (Phi) is 2.27. The fourth-order valence-electron chi connectivity index (χ4n) is 5.24. The molecular formula is C15H23N3. The molecule has 4 aliphatic carbocycles. The zero-order valence-corrected chi connectivity index (χ0v) is 11.2. The van der Waals surface area contributed by atoms with Crippen LogP contribution in [0.25, 0.3) is 0 Å². The number of aryl methyl sites for hydroxylation is 1. The van der Waals surface area contributed by atoms with Gasteiger partial charge in [0.15, 0.2) is 0 Å². The number of nitrogens with two attached hydrogens (primary N) is 1. The van der Waals surface area contributed by atoms with Crippen molar-refractivity contribution in [3.63, 3.8) is 0 Å². The lowest BCUT2D eigenvalue weighted by Gasteiger charge is -2.54. The molecule has 2 N–H and O–H groups in total. The van der Waals surface area contributed by atoms with Gasteiger partial charge in [0.2, 0.25) is 0 Å². The number of hydrogen-bond acceptors (Lipinski definition) is 2. The van der Waals surface area contributed by atoms with E-state index in [1.165, 1.54) is 32.1 Å². The van der Waals surface area contributed by atoms with Crippen molar-refractivity contribution in [2.75, 3.05) is 5.73 Å². The van der Waals surface area contributed by atoms with Crippen molar-refractivity contribution in [2.45, 2.75) is 38.5 Å². The van der Waals surface area contributed by atoms with Crippen LogP contribution in [-0.4, -0.2) is 9.55 Å². The van der Waals surface area contributed by atoms with Gasteiger partial charge in [-0.05, 0) is 68.1 Å². The highest BCUT2D eigenvalue weighted by molar-refractivity contribution is 5.36. The number of nitrogen functional groups attached to an aromatic ring is 1. The predicted molar refractivity (Wildman–Crippen MR) is 71.9 cm³/mol. The van der Waals surface area contributed by atoms with Gasteiger partial charge in [-0.2, -0.15) is 0 Å². The highest BCUT2D eigenvalue weighted by Gasteiger charge is 2.48. The van der Waals surface area contributed by atoms with Crippen LogP contribution in [0.15, 0.2) is 6.33 Å². The molecule has 0 unspecified atom stereocenters. The Morgan fingerprint density at radius 3 is 2.28 bits per heavy atom. The van der Waals surface area contributed by atoms with Gasteiger partial charge in [-0.3, -0.25) is 0 Å². The molecule has 4 aliphatic rings. The predicted octanol–water partition coefficient (Wildman–Crippen LogP) is 2.62. The molecular weight excluding hydrogens is 222 g/mol. The summed E-state index contributed by atoms with van der Waals surface area (Å²) in [6.45, 7) is 0. The van der Waals surface area contributed by atoms with E-state index in [2.05, 4.69) is 4.98 Å². The zero-order chi connectivity index (χ0) is 12.3. The average molecular weight is 245 g/mol. The third-order valence-electron chi connectivity index (χ3n) is 5.91. The van der Waals surface area contributed by atoms with Crippen LogP contribution >= 0.6 is 0 Å². The zero-order valence-electron chi connectivity index (χ0n) is 11.2. The third-order valence-corrected chi connectivity index (χ3v) is 5.91. The van der Waals surface area contributed by atoms with Gasteiger partial charge >= 0.3 is 0 Å². The highest BCUT2D eigenvalue weighted by atomic mass is 15.1. The number of anilines is 1. The van der Waals surface area contributed by atoms with Crippen molar-refractivity contribution in [3.05, 3.63) is 12.0 Å². The number of imidazole rings is 1. The maximum Gasteiger partial charge on any atom is 0.126 e. The Labute approximate surface area is 109 Å². The first kappa shape index (κ1) is 10.9. The van der Waals surface area contributed by atoms with Crippen molar-refractivity contribution in [1.29, 1.82) is 0 Å². The summed E-state index contributed by atoms with van der Waals surface area (Å²) in [6.07, 6.45) is 10.5. The van der Waals surface area contributed by atoms with E-state index in [4.69, 9.17) is 5.73 Å². The summed E-state index contributed by atoms with van der Waals surface area (Å²) >= 11 is 0. The molecule has 0 saturated heterocycles. The minimum Gasteiger partial charge on any atom is -0.384 e. The quantitative estimate of drug-likeness (QED) is 0.870. The summed E-state index contributed by atoms with van der Waals surface area (Å²) in [4.78, 5) is 4.50. The molecule has 0 amide bonds. The lowest BCUT2D eigenvalue weighted by atomic mass is 9.51. The molecule has 4 bridgehead atoms. The van der Waals surface area contributed by atoms with Gasteiger partial charge in [0, 0.05) is 7.05 Å². The SMILES string of the molecule is Cn1cnc(CC2C3CC4CC(C3)CC2C4)c1N. The number of aromatic nitrogens is 2. The molecule has 5 rings (SSSR count). The van der Waals surface area contributed by atoms with Crippen LogP contribution in [0.1, 0.15) is 37.8 Å². The number of rotatable bonds is 2. The largest absolute Gasteiger partial charge is 0.384 e. The van der Waals surface area contributed by atoms with Crippen molar-refractivity contribution in [2.24, 2.45) is 36.6 Å². The molecule has 18 heavy (non-hydrogen) atoms. The minimum atomic E-state index is 0.870. The smallest absolute Gasteiger partial charge is 0.126 e. The normalized spacial score (nSPS) is 41.5. The molecule has 1 heterocycles. The molecule has 0 atom stereocenters. The topological polar surface area (TPSA) is 43.8 Å². The van der Waals surface area contributed by atoms with E-state index >= 15 is 0 Å². The monoisotopic (exact) mass is 245 g/mol. The standard InChI is InChI=1S/C15H23N3/c1-18-8-17-14(15(18)16)7-13-11-3-9-2-10(5-11)6-12(13)4-9/h8-13H,2-7,16H2,1H3. The molecule has 3 heteroatoms. The van der Waals surface area contributed by atoms with Crippen molar-refractivity contribution >= 4 is 5.82 Å². The van der Waals surface area contributed by atoms with Crippen LogP contribution in [0.2, 0.25) is 0 Å². The van der Waals surface area contributed by atoms with Crippen molar-refractivity contribution < 1.29 is 0 Å². The van der Waals surface area contributed by atoms with Crippen LogP contribution in [0, 0.1) is 29.6 Å². The maximum absolute atomic E-state index is 6.11. The van der Waals surface area contributed by atoms with Crippen LogP contribution in [0.3, 0.4) is 0 Å². The summed E-state index contributed by atoms with van der Waals surface area (Å²) in [7, 11) is 1.99. The van der Waals surface area contributed by atoms with E-state index in [1.54, 1.807) is 0 Å². The Morgan fingerprint density at radius 1 is 1.17 bits per heavy atom. The van der Waals surface area contributed by atoms with Gasteiger partial charge in [0.25, 0.3) is 0 Å². The van der Waals surface area contributed by atoms with E-state index in [0.717, 1.165) is 47.5 Å². The summed E-state index contributed by atoms with van der Waals surface area (Å²) in [5.41, 5.74) is 7.25. The molecule has 1 aromatic heterocycles. The molecule has 0 aromatic carbocycles. The second-order valence-electron chi connectivity index (χ2n) is 6.99. The Morgan fingerprint density at radius 2 is 1.78 bits per heavy atom. The van der Waals surface area contributed by atoms with Gasteiger partial charge < -0.3 is 10.3 Å². The molecule has 1 aromatic rings. The Hall–Kier alpha value is -0.990. The summed E-state index contributed by atoms with van der Waals surface area (Å²) < 4.78 is 1.95. The van der Waals surface area contributed by atoms with E-state index in [9.17, 15) is 0 Å². The van der Waals surface area contributed by atoms with Gasteiger partial charge in [-0.1, -0.05) is 0 Å². The molecule has 4 saturated carbocycles. The van der Waals surface area contributed by atoms with E-state index in [1.807, 2.05) is 17.9 Å². The second-order valence-corrected chi connectivity index (χ2v) is 6.99. The molecule has 4 fully saturated rings. The molecule has 0 spiro atoms. The maximum atomic E-state index is 6.11. The lowest BCUT2D eigenvalue weighted by molar-refractivity contribution is -0.0362. The van der Waals surface area contributed by atoms with Crippen molar-refractivity contribution in [3.8, 4) is 0 Å². The Bertz CT molecular complexity index is 434. The van der Waals surface area contributed by atoms with Gasteiger partial charge in [-0.25, -0.2) is 4.98 Å². The average Bonchev–Trinajstić information content (AvgIpc) is 2.64. The van der Waals surface area contributed by atoms with Crippen molar-refractivity contribution in [1.82, 2.24) is 9.55 Å². The van der Waals surface area contributed by atoms with Crippen LogP contribution < -0.4 is 5.73 Å². The molecule has 0 aliphatic heterocycles. The van der Waals surface area contributed by atoms with E-state index in [-0.39, 0.29) is 0 Å². The first-order valence-electron chi connectivity index (χ1n) is 7.46. The Balaban J connectivity index is 1.57. The van der Waals surface area contributed by atoms with E-state index < -0.39 is 0 Å². The molecule has 0 radical (unpaired) electrons. The van der Waals surface area contributed by atoms with Gasteiger partial charge in [0.1, 0.15) is 5.82 Å². The first-order valence-corrected chi connectivity index (χ1v) is 7.46. The van der Waals surface area contributed by atoms with Crippen LogP contribution in [0.4, 0.5) is 5.82 Å². The summed E-state index contributed by atoms with van der Waals surface area (Å²) in [6, 6.07) is 0. The fraction of sp³-hybridized carbons (Fsp3) is 0.800. The van der Waals surface area contributed by atoms with Crippen LogP contribution in [-0.2, 0) is 13.5 Å².